The zero-order valence-corrected chi connectivity index (χ0v) is 11.8. The molecular weight excluding hydrogens is 242 g/mol. The molecule has 0 saturated carbocycles. The Kier molecular flexibility index (Phi) is 5.06. The Balaban J connectivity index is 2.88. The van der Waals surface area contributed by atoms with Crippen LogP contribution in [0.25, 0.3) is 0 Å². The molecule has 0 radical (unpaired) electrons. The van der Waals surface area contributed by atoms with E-state index in [9.17, 15) is 9.59 Å². The Morgan fingerprint density at radius 1 is 1.11 bits per heavy atom. The van der Waals surface area contributed by atoms with Crippen molar-refractivity contribution in [2.45, 2.75) is 33.7 Å². The molecule has 0 saturated heterocycles. The van der Waals surface area contributed by atoms with Crippen LogP contribution in [0.4, 0.5) is 11.4 Å². The molecule has 2 amide bonds. The third-order valence-corrected chi connectivity index (χ3v) is 2.70. The minimum atomic E-state index is -0.576. The molecule has 0 fully saturated rings. The highest BCUT2D eigenvalue weighted by atomic mass is 16.2. The van der Waals surface area contributed by atoms with Gasteiger partial charge in [-0.2, -0.15) is 0 Å². The monoisotopic (exact) mass is 263 g/mol. The molecule has 0 aliphatic carbocycles. The maximum atomic E-state index is 11.6. The van der Waals surface area contributed by atoms with Crippen LogP contribution in [0.15, 0.2) is 18.2 Å². The van der Waals surface area contributed by atoms with Crippen LogP contribution >= 0.6 is 0 Å². The summed E-state index contributed by atoms with van der Waals surface area (Å²) in [7, 11) is 0. The second kappa shape index (κ2) is 6.33. The highest BCUT2D eigenvalue weighted by Gasteiger charge is 2.11. The van der Waals surface area contributed by atoms with Crippen LogP contribution in [0, 0.1) is 12.8 Å². The first kappa shape index (κ1) is 15.2. The quantitative estimate of drug-likeness (QED) is 0.775. The van der Waals surface area contributed by atoms with Crippen molar-refractivity contribution in [2.24, 2.45) is 11.7 Å². The predicted octanol–water partition coefficient (Wildman–Crippen LogP) is 1.88. The van der Waals surface area contributed by atoms with Gasteiger partial charge in [-0.05, 0) is 31.5 Å². The number of rotatable bonds is 4. The van der Waals surface area contributed by atoms with E-state index in [4.69, 9.17) is 5.73 Å². The molecule has 0 bridgehead atoms. The van der Waals surface area contributed by atoms with Crippen molar-refractivity contribution < 1.29 is 9.59 Å². The van der Waals surface area contributed by atoms with Crippen LogP contribution in [0.5, 0.6) is 0 Å². The van der Waals surface area contributed by atoms with Gasteiger partial charge in [-0.15, -0.1) is 0 Å². The molecule has 0 aromatic heterocycles. The van der Waals surface area contributed by atoms with Crippen LogP contribution < -0.4 is 16.4 Å². The summed E-state index contributed by atoms with van der Waals surface area (Å²) in [6.07, 6.45) is 0. The molecule has 0 aliphatic heterocycles. The molecule has 1 rings (SSSR count). The normalized spacial score (nSPS) is 12.1. The van der Waals surface area contributed by atoms with Gasteiger partial charge in [-0.1, -0.05) is 19.9 Å². The number of amides is 2. The lowest BCUT2D eigenvalue weighted by Crippen LogP contribution is -2.32. The van der Waals surface area contributed by atoms with Crippen molar-refractivity contribution in [3.05, 3.63) is 23.8 Å². The van der Waals surface area contributed by atoms with Crippen LogP contribution in [0.1, 0.15) is 26.3 Å². The minimum Gasteiger partial charge on any atom is -0.326 e. The van der Waals surface area contributed by atoms with E-state index in [1.165, 1.54) is 0 Å². The lowest BCUT2D eigenvalue weighted by Gasteiger charge is -2.13. The lowest BCUT2D eigenvalue weighted by molar-refractivity contribution is -0.119. The smallest absolute Gasteiger partial charge is 0.241 e. The first-order chi connectivity index (χ1) is 8.81. The van der Waals surface area contributed by atoms with Gasteiger partial charge in [0.05, 0.1) is 6.04 Å². The molecule has 4 N–H and O–H groups in total. The number of nitrogens with one attached hydrogen (secondary N) is 2. The summed E-state index contributed by atoms with van der Waals surface area (Å²) in [6.45, 7) is 7.14. The largest absolute Gasteiger partial charge is 0.326 e. The SMILES string of the molecule is Cc1ccc(NC(=O)C(C)C)cc1NC(=O)[C@@H](C)N. The van der Waals surface area contributed by atoms with Crippen molar-refractivity contribution >= 4 is 23.2 Å². The summed E-state index contributed by atoms with van der Waals surface area (Å²) in [6, 6.07) is 4.80. The Morgan fingerprint density at radius 3 is 2.26 bits per heavy atom. The second-order valence-corrected chi connectivity index (χ2v) is 4.95. The highest BCUT2D eigenvalue weighted by molar-refractivity contribution is 5.97. The number of aryl methyl sites for hydroxylation is 1. The number of carbonyl (C=O) groups excluding carboxylic acids is 2. The standard InChI is InChI=1S/C14H21N3O2/c1-8(2)13(18)16-11-6-5-9(3)12(7-11)17-14(19)10(4)15/h5-8,10H,15H2,1-4H3,(H,16,18)(H,17,19)/t10-/m1/s1. The molecule has 1 aromatic rings. The Hall–Kier alpha value is -1.88. The van der Waals surface area contributed by atoms with Gasteiger partial charge in [0.1, 0.15) is 0 Å². The first-order valence-corrected chi connectivity index (χ1v) is 6.29. The van der Waals surface area contributed by atoms with Crippen molar-refractivity contribution in [2.75, 3.05) is 10.6 Å². The van der Waals surface area contributed by atoms with Gasteiger partial charge in [0.15, 0.2) is 0 Å². The van der Waals surface area contributed by atoms with Crippen LogP contribution in [-0.2, 0) is 9.59 Å². The Bertz CT molecular complexity index is 482. The van der Waals surface area contributed by atoms with Gasteiger partial charge in [0, 0.05) is 17.3 Å². The molecular formula is C14H21N3O2. The Morgan fingerprint density at radius 2 is 1.74 bits per heavy atom. The molecule has 1 atom stereocenters. The number of hydrogen-bond donors (Lipinski definition) is 3. The molecule has 0 aliphatic rings. The number of anilines is 2. The molecule has 1 aromatic carbocycles. The fourth-order valence-corrected chi connectivity index (χ4v) is 1.37. The van der Waals surface area contributed by atoms with E-state index < -0.39 is 6.04 Å². The van der Waals surface area contributed by atoms with Gasteiger partial charge in [-0.3, -0.25) is 9.59 Å². The van der Waals surface area contributed by atoms with Gasteiger partial charge < -0.3 is 16.4 Å². The summed E-state index contributed by atoms with van der Waals surface area (Å²) in [5.41, 5.74) is 7.74. The Labute approximate surface area is 113 Å². The van der Waals surface area contributed by atoms with Crippen molar-refractivity contribution in [1.82, 2.24) is 0 Å². The third-order valence-electron chi connectivity index (χ3n) is 2.70. The van der Waals surface area contributed by atoms with E-state index >= 15 is 0 Å². The molecule has 5 nitrogen and oxygen atoms in total. The number of benzene rings is 1. The van der Waals surface area contributed by atoms with E-state index in [-0.39, 0.29) is 17.7 Å². The molecule has 0 heterocycles. The summed E-state index contributed by atoms with van der Waals surface area (Å²) in [4.78, 5) is 23.2. The van der Waals surface area contributed by atoms with Gasteiger partial charge in [-0.25, -0.2) is 0 Å². The van der Waals surface area contributed by atoms with Crippen LogP contribution in [0.3, 0.4) is 0 Å². The van der Waals surface area contributed by atoms with Gasteiger partial charge in [0.2, 0.25) is 11.8 Å². The first-order valence-electron chi connectivity index (χ1n) is 6.29. The number of nitrogens with two attached hydrogens (primary N) is 1. The van der Waals surface area contributed by atoms with E-state index in [0.29, 0.717) is 11.4 Å². The summed E-state index contributed by atoms with van der Waals surface area (Å²) in [5.74, 6) is -0.410. The number of hydrogen-bond acceptors (Lipinski definition) is 3. The van der Waals surface area contributed by atoms with Gasteiger partial charge in [0.25, 0.3) is 0 Å². The van der Waals surface area contributed by atoms with E-state index in [2.05, 4.69) is 10.6 Å². The van der Waals surface area contributed by atoms with Crippen molar-refractivity contribution in [3.8, 4) is 0 Å². The highest BCUT2D eigenvalue weighted by Crippen LogP contribution is 2.21. The molecule has 104 valence electrons. The third kappa shape index (κ3) is 4.37. The number of carbonyl (C=O) groups is 2. The van der Waals surface area contributed by atoms with Crippen molar-refractivity contribution in [3.63, 3.8) is 0 Å². The van der Waals surface area contributed by atoms with Crippen molar-refractivity contribution in [1.29, 1.82) is 0 Å². The average molecular weight is 263 g/mol. The molecule has 0 unspecified atom stereocenters. The minimum absolute atomic E-state index is 0.0617. The van der Waals surface area contributed by atoms with Crippen LogP contribution in [0.2, 0.25) is 0 Å². The summed E-state index contributed by atoms with van der Waals surface area (Å²) >= 11 is 0. The predicted molar refractivity (Wildman–Crippen MR) is 76.9 cm³/mol. The molecule has 19 heavy (non-hydrogen) atoms. The van der Waals surface area contributed by atoms with E-state index in [0.717, 1.165) is 5.56 Å². The topological polar surface area (TPSA) is 84.2 Å². The zero-order chi connectivity index (χ0) is 14.6. The average Bonchev–Trinajstić information content (AvgIpc) is 2.32. The molecule has 5 heteroatoms. The lowest BCUT2D eigenvalue weighted by atomic mass is 10.1. The maximum absolute atomic E-state index is 11.6. The van der Waals surface area contributed by atoms with E-state index in [1.807, 2.05) is 26.8 Å². The molecule has 0 spiro atoms. The zero-order valence-electron chi connectivity index (χ0n) is 11.8. The van der Waals surface area contributed by atoms with Crippen LogP contribution in [-0.4, -0.2) is 17.9 Å². The van der Waals surface area contributed by atoms with Gasteiger partial charge >= 0.3 is 0 Å². The summed E-state index contributed by atoms with van der Waals surface area (Å²) < 4.78 is 0. The fraction of sp³-hybridized carbons (Fsp3) is 0.429. The van der Waals surface area contributed by atoms with E-state index in [1.54, 1.807) is 19.1 Å². The maximum Gasteiger partial charge on any atom is 0.241 e. The fourth-order valence-electron chi connectivity index (χ4n) is 1.37. The summed E-state index contributed by atoms with van der Waals surface area (Å²) in [5, 5.41) is 5.53. The second-order valence-electron chi connectivity index (χ2n) is 4.95.